The molecule has 1 N–H and O–H groups in total. The number of rotatable bonds is 3. The van der Waals surface area contributed by atoms with Crippen molar-refractivity contribution in [3.63, 3.8) is 0 Å². The van der Waals surface area contributed by atoms with E-state index < -0.39 is 17.5 Å². The van der Waals surface area contributed by atoms with Crippen LogP contribution >= 0.6 is 0 Å². The maximum atomic E-state index is 13.6. The number of nitrogens with one attached hydrogen (secondary N) is 1. The fourth-order valence-corrected chi connectivity index (χ4v) is 2.34. The van der Waals surface area contributed by atoms with Crippen molar-refractivity contribution in [3.05, 3.63) is 70.9 Å². The van der Waals surface area contributed by atoms with Gasteiger partial charge in [0.25, 0.3) is 5.91 Å². The van der Waals surface area contributed by atoms with Crippen molar-refractivity contribution in [2.75, 3.05) is 12.4 Å². The van der Waals surface area contributed by atoms with Gasteiger partial charge in [-0.3, -0.25) is 4.79 Å². The van der Waals surface area contributed by atoms with Gasteiger partial charge in [-0.1, -0.05) is 24.3 Å². The Morgan fingerprint density at radius 1 is 1.19 bits per heavy atom. The Balaban J connectivity index is 1.87. The minimum atomic E-state index is -0.867. The molecule has 0 aliphatic heterocycles. The van der Waals surface area contributed by atoms with E-state index in [0.29, 0.717) is 11.6 Å². The molecule has 0 bridgehead atoms. The molecule has 2 aliphatic rings. The van der Waals surface area contributed by atoms with Crippen LogP contribution in [0.3, 0.4) is 0 Å². The zero-order valence-electron chi connectivity index (χ0n) is 11.1. The Kier molecular flexibility index (Phi) is 3.17. The lowest BCUT2D eigenvalue weighted by molar-refractivity contribution is -0.112. The van der Waals surface area contributed by atoms with Crippen LogP contribution < -0.4 is 10.1 Å². The van der Waals surface area contributed by atoms with Crippen LogP contribution in [0.25, 0.3) is 0 Å². The summed E-state index contributed by atoms with van der Waals surface area (Å²) >= 11 is 0. The summed E-state index contributed by atoms with van der Waals surface area (Å²) in [7, 11) is 1.25. The molecule has 5 heteroatoms. The second-order valence-electron chi connectivity index (χ2n) is 4.56. The average Bonchev–Trinajstić information content (AvgIpc) is 2.99. The normalized spacial score (nSPS) is 15.3. The van der Waals surface area contributed by atoms with Gasteiger partial charge < -0.3 is 10.1 Å². The number of anilines is 1. The zero-order valence-corrected chi connectivity index (χ0v) is 11.1. The highest BCUT2D eigenvalue weighted by Crippen LogP contribution is 2.33. The van der Waals surface area contributed by atoms with Gasteiger partial charge in [0, 0.05) is 17.7 Å². The third-order valence-corrected chi connectivity index (χ3v) is 3.27. The largest absolute Gasteiger partial charge is 0.492 e. The zero-order chi connectivity index (χ0) is 15.0. The molecular weight excluding hydrogens is 276 g/mol. The van der Waals surface area contributed by atoms with Crippen molar-refractivity contribution in [2.24, 2.45) is 0 Å². The van der Waals surface area contributed by atoms with E-state index in [1.165, 1.54) is 7.11 Å². The van der Waals surface area contributed by atoms with Gasteiger partial charge in [-0.2, -0.15) is 0 Å². The molecule has 0 fully saturated rings. The molecule has 3 rings (SSSR count). The molecule has 21 heavy (non-hydrogen) atoms. The van der Waals surface area contributed by atoms with Crippen molar-refractivity contribution < 1.29 is 18.3 Å². The van der Waals surface area contributed by atoms with Crippen LogP contribution in [0.2, 0.25) is 0 Å². The lowest BCUT2D eigenvalue weighted by Gasteiger charge is -2.12. The maximum Gasteiger partial charge on any atom is 0.256 e. The van der Waals surface area contributed by atoms with Gasteiger partial charge in [0.15, 0.2) is 11.6 Å². The molecule has 0 heterocycles. The fourth-order valence-electron chi connectivity index (χ4n) is 2.34. The first-order chi connectivity index (χ1) is 10.1. The Hall–Kier alpha value is -2.69. The Morgan fingerprint density at radius 3 is 2.76 bits per heavy atom. The van der Waals surface area contributed by atoms with Crippen molar-refractivity contribution in [1.82, 2.24) is 0 Å². The van der Waals surface area contributed by atoms with Gasteiger partial charge in [-0.15, -0.1) is 0 Å². The van der Waals surface area contributed by atoms with Gasteiger partial charge in [0.2, 0.25) is 0 Å². The highest BCUT2D eigenvalue weighted by Gasteiger charge is 2.23. The number of halogens is 2. The number of hydrogen-bond donors (Lipinski definition) is 1. The van der Waals surface area contributed by atoms with E-state index >= 15 is 0 Å². The number of ether oxygens (including phenoxy) is 1. The van der Waals surface area contributed by atoms with Crippen LogP contribution in [0, 0.1) is 11.6 Å². The molecule has 106 valence electrons. The standard InChI is InChI=1S/C16H11F2NO2/c1-21-15-13(18)7-10(17)8-14(15)19-16(20)12-6-5-9-3-2-4-11(9)12/h2-8H,1H3,(H,19,20). The molecule has 1 aromatic carbocycles. The molecule has 0 radical (unpaired) electrons. The molecule has 0 atom stereocenters. The fraction of sp³-hybridized carbons (Fsp3) is 0.0625. The number of hydrogen-bond acceptors (Lipinski definition) is 2. The van der Waals surface area contributed by atoms with Crippen LogP contribution in [0.4, 0.5) is 14.5 Å². The molecule has 0 unspecified atom stereocenters. The summed E-state index contributed by atoms with van der Waals surface area (Å²) in [6.07, 6.45) is 9.02. The first-order valence-electron chi connectivity index (χ1n) is 6.25. The summed E-state index contributed by atoms with van der Waals surface area (Å²) in [5.41, 5.74) is 2.14. The Labute approximate surface area is 119 Å². The molecule has 0 spiro atoms. The van der Waals surface area contributed by atoms with Crippen molar-refractivity contribution in [2.45, 2.75) is 0 Å². The molecular formula is C16H11F2NO2. The molecule has 3 nitrogen and oxygen atoms in total. The third kappa shape index (κ3) is 2.27. The van der Waals surface area contributed by atoms with Crippen LogP contribution in [0.15, 0.2) is 59.2 Å². The third-order valence-electron chi connectivity index (χ3n) is 3.27. The van der Waals surface area contributed by atoms with Crippen LogP contribution in [0.5, 0.6) is 5.75 Å². The van der Waals surface area contributed by atoms with E-state index in [4.69, 9.17) is 4.74 Å². The summed E-state index contributed by atoms with van der Waals surface area (Å²) in [6.45, 7) is 0. The van der Waals surface area contributed by atoms with E-state index in [0.717, 1.165) is 17.2 Å². The highest BCUT2D eigenvalue weighted by atomic mass is 19.1. The second-order valence-corrected chi connectivity index (χ2v) is 4.56. The topological polar surface area (TPSA) is 38.3 Å². The quantitative estimate of drug-likeness (QED) is 0.926. The molecule has 2 aliphatic carbocycles. The molecule has 0 saturated carbocycles. The van der Waals surface area contributed by atoms with Crippen molar-refractivity contribution in [1.29, 1.82) is 0 Å². The van der Waals surface area contributed by atoms with E-state index in [2.05, 4.69) is 5.32 Å². The smallest absolute Gasteiger partial charge is 0.256 e. The number of carbonyl (C=O) groups excluding carboxylic acids is 1. The summed E-state index contributed by atoms with van der Waals surface area (Å²) in [5, 5.41) is 2.48. The van der Waals surface area contributed by atoms with Crippen LogP contribution in [-0.2, 0) is 4.79 Å². The molecule has 1 aromatic rings. The monoisotopic (exact) mass is 287 g/mol. The molecule has 0 aromatic heterocycles. The summed E-state index contributed by atoms with van der Waals surface area (Å²) in [4.78, 5) is 12.3. The van der Waals surface area contributed by atoms with Gasteiger partial charge in [0.1, 0.15) is 5.82 Å². The number of methoxy groups -OCH3 is 1. The van der Waals surface area contributed by atoms with Crippen LogP contribution in [0.1, 0.15) is 0 Å². The van der Waals surface area contributed by atoms with Gasteiger partial charge in [-0.05, 0) is 17.2 Å². The number of allylic oxidation sites excluding steroid dienone is 6. The minimum Gasteiger partial charge on any atom is -0.492 e. The molecule has 0 saturated heterocycles. The number of benzene rings is 1. The maximum absolute atomic E-state index is 13.6. The van der Waals surface area contributed by atoms with Gasteiger partial charge >= 0.3 is 0 Å². The van der Waals surface area contributed by atoms with Crippen molar-refractivity contribution in [3.8, 4) is 5.75 Å². The predicted molar refractivity (Wildman–Crippen MR) is 74.9 cm³/mol. The lowest BCUT2D eigenvalue weighted by Crippen LogP contribution is -2.16. The SMILES string of the molecule is COc1c(F)cc(F)cc1NC(=O)C1=CC=C2C=CC=C21. The number of amides is 1. The first kappa shape index (κ1) is 13.3. The predicted octanol–water partition coefficient (Wildman–Crippen LogP) is 3.27. The minimum absolute atomic E-state index is 0.0408. The first-order valence-corrected chi connectivity index (χ1v) is 6.25. The molecule has 1 amide bonds. The Morgan fingerprint density at radius 2 is 2.00 bits per heavy atom. The van der Waals surface area contributed by atoms with E-state index in [-0.39, 0.29) is 11.4 Å². The number of carbonyl (C=O) groups is 1. The Bertz CT molecular complexity index is 758. The summed E-state index contributed by atoms with van der Waals surface area (Å²) in [6, 6.07) is 1.72. The van der Waals surface area contributed by atoms with Crippen molar-refractivity contribution >= 4 is 11.6 Å². The lowest BCUT2D eigenvalue weighted by atomic mass is 10.1. The average molecular weight is 287 g/mol. The second kappa shape index (κ2) is 5.01. The highest BCUT2D eigenvalue weighted by molar-refractivity contribution is 6.10. The number of fused-ring (bicyclic) bond motifs is 1. The van der Waals surface area contributed by atoms with Crippen LogP contribution in [-0.4, -0.2) is 13.0 Å². The van der Waals surface area contributed by atoms with Gasteiger partial charge in [-0.25, -0.2) is 8.78 Å². The van der Waals surface area contributed by atoms with E-state index in [9.17, 15) is 13.6 Å². The summed E-state index contributed by atoms with van der Waals surface area (Å²) in [5.74, 6) is -2.30. The summed E-state index contributed by atoms with van der Waals surface area (Å²) < 4.78 is 31.8. The van der Waals surface area contributed by atoms with E-state index in [1.807, 2.05) is 24.3 Å². The van der Waals surface area contributed by atoms with Gasteiger partial charge in [0.05, 0.1) is 12.8 Å². The van der Waals surface area contributed by atoms with E-state index in [1.54, 1.807) is 6.08 Å².